The van der Waals surface area contributed by atoms with Gasteiger partial charge in [-0.3, -0.25) is 14.2 Å². The fourth-order valence-corrected chi connectivity index (χ4v) is 2.44. The van der Waals surface area contributed by atoms with Gasteiger partial charge in [-0.15, -0.1) is 0 Å². The number of pyridine rings is 1. The molecule has 23 heavy (non-hydrogen) atoms. The number of aromatic nitrogens is 1. The van der Waals surface area contributed by atoms with E-state index in [0.29, 0.717) is 0 Å². The summed E-state index contributed by atoms with van der Waals surface area (Å²) in [6.07, 6.45) is 2.88. The van der Waals surface area contributed by atoms with E-state index in [1.54, 1.807) is 4.57 Å². The summed E-state index contributed by atoms with van der Waals surface area (Å²) in [6, 6.07) is 1.00. The summed E-state index contributed by atoms with van der Waals surface area (Å²) in [5.41, 5.74) is -1.10. The molecule has 1 aromatic heterocycles. The third kappa shape index (κ3) is 3.08. The number of nitrogens with zero attached hydrogens (tertiary/aromatic N) is 1. The minimum atomic E-state index is -1.37. The average molecular weight is 333 g/mol. The minimum absolute atomic E-state index is 0. The second-order valence-corrected chi connectivity index (χ2v) is 5.01. The highest BCUT2D eigenvalue weighted by molar-refractivity contribution is 5.93. The fourth-order valence-electron chi connectivity index (χ4n) is 2.44. The largest absolute Gasteiger partial charge is 0.477 e. The molecule has 1 N–H and O–H groups in total. The quantitative estimate of drug-likeness (QED) is 0.673. The van der Waals surface area contributed by atoms with E-state index in [0.717, 1.165) is 18.9 Å². The van der Waals surface area contributed by atoms with Crippen molar-refractivity contribution in [1.82, 2.24) is 4.57 Å². The number of aryl methyl sites for hydroxylation is 1. The number of fused-ring (bicyclic) bond motifs is 1. The van der Waals surface area contributed by atoms with Gasteiger partial charge in [-0.1, -0.05) is 0 Å². The smallest absolute Gasteiger partial charge is 0.341 e. The maximum Gasteiger partial charge on any atom is 0.341 e. The molecule has 126 valence electrons. The van der Waals surface area contributed by atoms with Crippen LogP contribution in [0.2, 0.25) is 0 Å². The van der Waals surface area contributed by atoms with Gasteiger partial charge in [0.2, 0.25) is 5.43 Å². The van der Waals surface area contributed by atoms with E-state index < -0.39 is 28.6 Å². The highest BCUT2D eigenvalue weighted by atomic mass is 19.2. The molecule has 9 heteroatoms. The molecule has 1 fully saturated rings. The van der Waals surface area contributed by atoms with Crippen molar-refractivity contribution in [3.05, 3.63) is 45.2 Å². The predicted octanol–water partition coefficient (Wildman–Crippen LogP) is 1.74. The molecule has 0 radical (unpaired) electrons. The van der Waals surface area contributed by atoms with Crippen molar-refractivity contribution in [2.45, 2.75) is 25.8 Å². The first-order valence-electron chi connectivity index (χ1n) is 6.18. The third-order valence-corrected chi connectivity index (χ3v) is 3.62. The van der Waals surface area contributed by atoms with Gasteiger partial charge < -0.3 is 9.67 Å². The zero-order valence-electron chi connectivity index (χ0n) is 11.4. The summed E-state index contributed by atoms with van der Waals surface area (Å²) in [5.74, 6) is -3.51. The van der Waals surface area contributed by atoms with Crippen LogP contribution in [0.15, 0.2) is 17.1 Å². The Morgan fingerprint density at radius 1 is 1.30 bits per heavy atom. The Bertz CT molecular complexity index is 818. The number of benzene rings is 1. The first-order chi connectivity index (χ1) is 9.41. The van der Waals surface area contributed by atoms with Crippen molar-refractivity contribution >= 4 is 25.3 Å². The van der Waals surface area contributed by atoms with Crippen LogP contribution in [-0.2, 0) is 0 Å². The van der Waals surface area contributed by atoms with Crippen molar-refractivity contribution in [2.75, 3.05) is 0 Å². The molecule has 1 aromatic carbocycles. The molecule has 0 bridgehead atoms. The Labute approximate surface area is 130 Å². The van der Waals surface area contributed by atoms with Crippen LogP contribution in [-0.4, -0.2) is 24.1 Å². The van der Waals surface area contributed by atoms with Crippen molar-refractivity contribution in [3.63, 3.8) is 0 Å². The van der Waals surface area contributed by atoms with Crippen LogP contribution >= 0.6 is 0 Å². The van der Waals surface area contributed by atoms with E-state index in [1.165, 1.54) is 13.1 Å². The molecule has 4 nitrogen and oxygen atoms in total. The number of carboxylic acids is 1. The molecule has 1 aliphatic rings. The normalized spacial score (nSPS) is 12.8. The van der Waals surface area contributed by atoms with Gasteiger partial charge in [-0.2, -0.15) is 0 Å². The second-order valence-electron chi connectivity index (χ2n) is 5.01. The van der Waals surface area contributed by atoms with Crippen LogP contribution in [0.1, 0.15) is 34.8 Å². The Balaban J connectivity index is 0.00000161. The van der Waals surface area contributed by atoms with Gasteiger partial charge in [0, 0.05) is 23.9 Å². The molecule has 0 saturated heterocycles. The summed E-state index contributed by atoms with van der Waals surface area (Å²) >= 11 is 0. The Morgan fingerprint density at radius 3 is 2.35 bits per heavy atom. The van der Waals surface area contributed by atoms with E-state index in [1.807, 2.05) is 0 Å². The zero-order chi connectivity index (χ0) is 14.6. The highest BCUT2D eigenvalue weighted by Gasteiger charge is 2.28. The van der Waals surface area contributed by atoms with Crippen molar-refractivity contribution in [2.24, 2.45) is 0 Å². The Kier molecular flexibility index (Phi) is 6.16. The van der Waals surface area contributed by atoms with Gasteiger partial charge in [0.25, 0.3) is 0 Å². The SMILES string of the molecule is B.Cc1c(F)c(F)cc2c1c(=O)c(C(=O)O)cn2C1CC1.F.F. The number of rotatable bonds is 2. The molecule has 3 rings (SSSR count). The van der Waals surface area contributed by atoms with Gasteiger partial charge >= 0.3 is 5.97 Å². The summed E-state index contributed by atoms with van der Waals surface area (Å²) < 4.78 is 28.8. The zero-order valence-corrected chi connectivity index (χ0v) is 11.4. The first-order valence-corrected chi connectivity index (χ1v) is 6.18. The van der Waals surface area contributed by atoms with Crippen LogP contribution in [0.3, 0.4) is 0 Å². The molecular weight excluding hydrogens is 317 g/mol. The lowest BCUT2D eigenvalue weighted by molar-refractivity contribution is 0.0695. The van der Waals surface area contributed by atoms with E-state index in [4.69, 9.17) is 5.11 Å². The summed E-state index contributed by atoms with van der Waals surface area (Å²) in [6.45, 7) is 1.28. The van der Waals surface area contributed by atoms with E-state index in [9.17, 15) is 18.4 Å². The van der Waals surface area contributed by atoms with Gasteiger partial charge in [-0.05, 0) is 19.8 Å². The fraction of sp³-hybridized carbons (Fsp3) is 0.286. The van der Waals surface area contributed by atoms with Crippen LogP contribution in [0.4, 0.5) is 18.2 Å². The lowest BCUT2D eigenvalue weighted by Gasteiger charge is -2.13. The Hall–Kier alpha value is -2.32. The van der Waals surface area contributed by atoms with Crippen LogP contribution in [0.25, 0.3) is 10.9 Å². The van der Waals surface area contributed by atoms with Crippen LogP contribution in [0, 0.1) is 18.6 Å². The molecular formula is C14H16BF4NO3. The topological polar surface area (TPSA) is 59.3 Å². The number of carbonyl (C=O) groups is 1. The first kappa shape index (κ1) is 20.7. The summed E-state index contributed by atoms with van der Waals surface area (Å²) in [5, 5.41) is 9.03. The maximum absolute atomic E-state index is 13.7. The lowest BCUT2D eigenvalue weighted by atomic mass is 10.1. The van der Waals surface area contributed by atoms with Gasteiger partial charge in [0.15, 0.2) is 11.6 Å². The molecule has 2 aromatic rings. The van der Waals surface area contributed by atoms with Crippen molar-refractivity contribution < 1.29 is 28.1 Å². The number of hydrogen-bond donors (Lipinski definition) is 1. The minimum Gasteiger partial charge on any atom is -0.477 e. The second kappa shape index (κ2) is 6.85. The van der Waals surface area contributed by atoms with E-state index >= 15 is 0 Å². The number of hydrogen-bond acceptors (Lipinski definition) is 2. The third-order valence-electron chi connectivity index (χ3n) is 3.62. The van der Waals surface area contributed by atoms with Crippen LogP contribution in [0.5, 0.6) is 0 Å². The molecule has 1 heterocycles. The van der Waals surface area contributed by atoms with Gasteiger partial charge in [0.1, 0.15) is 5.56 Å². The monoisotopic (exact) mass is 333 g/mol. The molecule has 0 amide bonds. The molecule has 0 atom stereocenters. The van der Waals surface area contributed by atoms with Crippen LogP contribution < -0.4 is 5.43 Å². The lowest BCUT2D eigenvalue weighted by Crippen LogP contribution is -2.20. The molecule has 0 unspecified atom stereocenters. The predicted molar refractivity (Wildman–Crippen MR) is 83.0 cm³/mol. The highest BCUT2D eigenvalue weighted by Crippen LogP contribution is 2.37. The summed E-state index contributed by atoms with van der Waals surface area (Å²) in [7, 11) is 0. The molecule has 1 saturated carbocycles. The van der Waals surface area contributed by atoms with Crippen molar-refractivity contribution in [3.8, 4) is 0 Å². The maximum atomic E-state index is 13.7. The summed E-state index contributed by atoms with van der Waals surface area (Å²) in [4.78, 5) is 23.3. The molecule has 0 aliphatic heterocycles. The Morgan fingerprint density at radius 2 is 1.87 bits per heavy atom. The number of aromatic carboxylic acids is 1. The number of halogens is 4. The van der Waals surface area contributed by atoms with E-state index in [-0.39, 0.29) is 40.3 Å². The average Bonchev–Trinajstić information content (AvgIpc) is 3.20. The van der Waals surface area contributed by atoms with Crippen molar-refractivity contribution in [1.29, 1.82) is 0 Å². The standard InChI is InChI=1S/C14H11F2NO3.BH3.2FH/c1-6-11-10(4-9(15)12(6)16)17(7-2-3-7)5-8(13(11)18)14(19)20;;;/h4-5,7H,2-3H2,1H3,(H,19,20);1H3;2*1H. The van der Waals surface area contributed by atoms with Gasteiger partial charge in [-0.25, -0.2) is 13.6 Å². The molecule has 0 spiro atoms. The van der Waals surface area contributed by atoms with E-state index in [2.05, 4.69) is 0 Å². The van der Waals surface area contributed by atoms with Gasteiger partial charge in [0.05, 0.1) is 19.3 Å². The molecule has 1 aliphatic carbocycles. The number of carboxylic acid groups (broad SMARTS) is 1.